The molecule has 1 aromatic rings. The number of hydrazone groups is 1. The van der Waals surface area contributed by atoms with E-state index in [1.54, 1.807) is 0 Å². The van der Waals surface area contributed by atoms with Gasteiger partial charge in [0.05, 0.1) is 0 Å². The summed E-state index contributed by atoms with van der Waals surface area (Å²) in [6, 6.07) is 6.16. The van der Waals surface area contributed by atoms with Gasteiger partial charge in [0.15, 0.2) is 5.11 Å². The van der Waals surface area contributed by atoms with Crippen LogP contribution in [0.5, 0.6) is 0 Å². The molecule has 0 atom stereocenters. The number of nitrogens with one attached hydrogen (secondary N) is 2. The van der Waals surface area contributed by atoms with Gasteiger partial charge in [0.25, 0.3) is 0 Å². The third-order valence-corrected chi connectivity index (χ3v) is 2.87. The quantitative estimate of drug-likeness (QED) is 0.493. The van der Waals surface area contributed by atoms with Crippen LogP contribution in [0.1, 0.15) is 37.8 Å². The number of rotatable bonds is 4. The van der Waals surface area contributed by atoms with Crippen molar-refractivity contribution in [3.05, 3.63) is 29.3 Å². The molecule has 1 rings (SSSR count). The topological polar surface area (TPSA) is 36.4 Å². The maximum absolute atomic E-state index is 5.23. The first-order chi connectivity index (χ1) is 8.54. The van der Waals surface area contributed by atoms with E-state index in [1.165, 1.54) is 11.1 Å². The maximum atomic E-state index is 5.23. The van der Waals surface area contributed by atoms with Crippen molar-refractivity contribution in [3.8, 4) is 0 Å². The van der Waals surface area contributed by atoms with E-state index >= 15 is 0 Å². The van der Waals surface area contributed by atoms with E-state index in [9.17, 15) is 0 Å². The molecule has 0 aliphatic heterocycles. The summed E-state index contributed by atoms with van der Waals surface area (Å²) in [5.41, 5.74) is 7.34. The lowest BCUT2D eigenvalue weighted by Crippen LogP contribution is -2.25. The summed E-state index contributed by atoms with van der Waals surface area (Å²) < 4.78 is 0. The maximum Gasteiger partial charge on any atom is 0.191 e. The Bertz CT molecular complexity index is 432. The summed E-state index contributed by atoms with van der Waals surface area (Å²) >= 11 is 5.23. The number of thiocarbonyl (C=S) groups is 1. The van der Waals surface area contributed by atoms with Gasteiger partial charge >= 0.3 is 0 Å². The molecule has 0 spiro atoms. The molecule has 0 aliphatic rings. The highest BCUT2D eigenvalue weighted by atomic mass is 32.1. The lowest BCUT2D eigenvalue weighted by Gasteiger charge is -2.13. The monoisotopic (exact) mass is 263 g/mol. The Morgan fingerprint density at radius 2 is 1.89 bits per heavy atom. The van der Waals surface area contributed by atoms with E-state index in [2.05, 4.69) is 48.7 Å². The van der Waals surface area contributed by atoms with Crippen LogP contribution in [0.4, 0.5) is 5.69 Å². The van der Waals surface area contributed by atoms with Crippen molar-refractivity contribution in [2.24, 2.45) is 5.10 Å². The predicted molar refractivity (Wildman–Crippen MR) is 83.3 cm³/mol. The van der Waals surface area contributed by atoms with Crippen LogP contribution in [0.3, 0.4) is 0 Å². The van der Waals surface area contributed by atoms with Crippen LogP contribution in [-0.4, -0.2) is 10.8 Å². The largest absolute Gasteiger partial charge is 0.331 e. The van der Waals surface area contributed by atoms with Crippen LogP contribution < -0.4 is 10.7 Å². The van der Waals surface area contributed by atoms with E-state index in [0.717, 1.165) is 24.2 Å². The number of hydrogen-bond acceptors (Lipinski definition) is 2. The van der Waals surface area contributed by atoms with E-state index in [0.29, 0.717) is 5.11 Å². The summed E-state index contributed by atoms with van der Waals surface area (Å²) in [5.74, 6) is 0. The van der Waals surface area contributed by atoms with Gasteiger partial charge in [0.1, 0.15) is 0 Å². The van der Waals surface area contributed by atoms with E-state index in [1.807, 2.05) is 13.0 Å². The van der Waals surface area contributed by atoms with Crippen LogP contribution in [0.2, 0.25) is 0 Å². The van der Waals surface area contributed by atoms with Crippen molar-refractivity contribution in [2.75, 3.05) is 5.32 Å². The Morgan fingerprint density at radius 3 is 2.44 bits per heavy atom. The van der Waals surface area contributed by atoms with Crippen molar-refractivity contribution < 1.29 is 0 Å². The third-order valence-electron chi connectivity index (χ3n) is 2.68. The first-order valence-corrected chi connectivity index (χ1v) is 6.61. The standard InChI is InChI=1S/C14H21N3S/c1-5-7-12(4)16-17-14(18)15-13-10(2)8-6-9-11(13)3/h6,8-9H,5,7H2,1-4H3,(H2,15,17,18)/b16-12-. The lowest BCUT2D eigenvalue weighted by atomic mass is 10.1. The SMILES string of the molecule is CCC/C(C)=N\NC(=S)Nc1c(C)cccc1C. The molecule has 0 unspecified atom stereocenters. The van der Waals surface area contributed by atoms with E-state index in [-0.39, 0.29) is 0 Å². The van der Waals surface area contributed by atoms with Crippen LogP contribution in [0.15, 0.2) is 23.3 Å². The predicted octanol–water partition coefficient (Wildman–Crippen LogP) is 3.77. The minimum Gasteiger partial charge on any atom is -0.331 e. The second kappa shape index (κ2) is 7.11. The molecule has 0 heterocycles. The molecule has 0 bridgehead atoms. The molecule has 0 amide bonds. The van der Waals surface area contributed by atoms with E-state index < -0.39 is 0 Å². The summed E-state index contributed by atoms with van der Waals surface area (Å²) in [6.07, 6.45) is 2.08. The Balaban J connectivity index is 2.63. The fraction of sp³-hybridized carbons (Fsp3) is 0.429. The first kappa shape index (κ1) is 14.6. The molecule has 0 aliphatic carbocycles. The lowest BCUT2D eigenvalue weighted by molar-refractivity contribution is 0.948. The minimum atomic E-state index is 0.530. The molecule has 3 nitrogen and oxygen atoms in total. The van der Waals surface area contributed by atoms with Gasteiger partial charge in [0.2, 0.25) is 0 Å². The molecule has 0 radical (unpaired) electrons. The second-order valence-electron chi connectivity index (χ2n) is 4.43. The highest BCUT2D eigenvalue weighted by Gasteiger charge is 2.03. The van der Waals surface area contributed by atoms with Crippen molar-refractivity contribution in [1.29, 1.82) is 0 Å². The van der Waals surface area contributed by atoms with Gasteiger partial charge in [-0.3, -0.25) is 5.43 Å². The molecule has 18 heavy (non-hydrogen) atoms. The Labute approximate surface area is 115 Å². The first-order valence-electron chi connectivity index (χ1n) is 6.21. The fourth-order valence-electron chi connectivity index (χ4n) is 1.72. The average molecular weight is 263 g/mol. The Morgan fingerprint density at radius 1 is 1.28 bits per heavy atom. The van der Waals surface area contributed by atoms with E-state index in [4.69, 9.17) is 12.2 Å². The molecule has 1 aromatic carbocycles. The molecule has 98 valence electrons. The normalized spacial score (nSPS) is 11.2. The molecule has 0 saturated carbocycles. The summed E-state index contributed by atoms with van der Waals surface area (Å²) in [5, 5.41) is 7.95. The van der Waals surface area contributed by atoms with Crippen LogP contribution in [0, 0.1) is 13.8 Å². The van der Waals surface area contributed by atoms with Crippen molar-refractivity contribution in [2.45, 2.75) is 40.5 Å². The molecular weight excluding hydrogens is 242 g/mol. The smallest absolute Gasteiger partial charge is 0.191 e. The molecule has 0 fully saturated rings. The average Bonchev–Trinajstić information content (AvgIpc) is 2.32. The number of benzene rings is 1. The molecule has 0 saturated heterocycles. The van der Waals surface area contributed by atoms with Gasteiger partial charge in [-0.15, -0.1) is 0 Å². The highest BCUT2D eigenvalue weighted by molar-refractivity contribution is 7.80. The fourth-order valence-corrected chi connectivity index (χ4v) is 1.86. The van der Waals surface area contributed by atoms with Gasteiger partial charge in [-0.1, -0.05) is 31.5 Å². The molecule has 2 N–H and O–H groups in total. The van der Waals surface area contributed by atoms with Crippen LogP contribution >= 0.6 is 12.2 Å². The molecule has 4 heteroatoms. The Hall–Kier alpha value is -1.42. The van der Waals surface area contributed by atoms with Crippen LogP contribution in [-0.2, 0) is 0 Å². The number of hydrogen-bond donors (Lipinski definition) is 2. The zero-order chi connectivity index (χ0) is 13.5. The third kappa shape index (κ3) is 4.45. The second-order valence-corrected chi connectivity index (χ2v) is 4.84. The van der Waals surface area contributed by atoms with Gasteiger partial charge in [0, 0.05) is 11.4 Å². The minimum absolute atomic E-state index is 0.530. The van der Waals surface area contributed by atoms with Crippen LogP contribution in [0.25, 0.3) is 0 Å². The zero-order valence-electron chi connectivity index (χ0n) is 11.5. The summed E-state index contributed by atoms with van der Waals surface area (Å²) in [6.45, 7) is 8.25. The number of aryl methyl sites for hydroxylation is 2. The number of anilines is 1. The summed E-state index contributed by atoms with van der Waals surface area (Å²) in [7, 11) is 0. The molecular formula is C14H21N3S. The van der Waals surface area contributed by atoms with Gasteiger partial charge in [-0.25, -0.2) is 0 Å². The van der Waals surface area contributed by atoms with Gasteiger partial charge in [-0.2, -0.15) is 5.10 Å². The van der Waals surface area contributed by atoms with Gasteiger partial charge in [-0.05, 0) is 50.5 Å². The van der Waals surface area contributed by atoms with Gasteiger partial charge < -0.3 is 5.32 Å². The number of nitrogens with zero attached hydrogens (tertiary/aromatic N) is 1. The highest BCUT2D eigenvalue weighted by Crippen LogP contribution is 2.19. The van der Waals surface area contributed by atoms with Crippen molar-refractivity contribution in [3.63, 3.8) is 0 Å². The van der Waals surface area contributed by atoms with Crippen molar-refractivity contribution in [1.82, 2.24) is 5.43 Å². The van der Waals surface area contributed by atoms with Crippen molar-refractivity contribution >= 4 is 28.7 Å². The number of para-hydroxylation sites is 1. The molecule has 0 aromatic heterocycles. The zero-order valence-corrected chi connectivity index (χ0v) is 12.3. The Kier molecular flexibility index (Phi) is 5.78. The summed E-state index contributed by atoms with van der Waals surface area (Å²) in [4.78, 5) is 0.